The number of hydrogen-bond donors (Lipinski definition) is 3. The van der Waals surface area contributed by atoms with E-state index in [-0.39, 0.29) is 48.4 Å². The van der Waals surface area contributed by atoms with E-state index in [9.17, 15) is 19.2 Å². The third-order valence-electron chi connectivity index (χ3n) is 9.83. The second-order valence-electron chi connectivity index (χ2n) is 13.4. The molecule has 0 radical (unpaired) electrons. The van der Waals surface area contributed by atoms with Gasteiger partial charge in [-0.25, -0.2) is 0 Å². The molecule has 0 unspecified atom stereocenters. The summed E-state index contributed by atoms with van der Waals surface area (Å²) in [5.74, 6) is 0.101. The van der Waals surface area contributed by atoms with Gasteiger partial charge >= 0.3 is 0 Å². The van der Waals surface area contributed by atoms with Crippen molar-refractivity contribution in [1.29, 1.82) is 0 Å². The SMILES string of the molecule is CCC(=O)N1c2ccccc2[C@H](Nc2ccc(NC(=O)CCCC(=O)Nc3ccc(Cn4c(CC)cc5c4CCCC5=O)cc3)cc2)C[C@@H]1C. The van der Waals surface area contributed by atoms with Crippen LogP contribution in [0.4, 0.5) is 22.7 Å². The van der Waals surface area contributed by atoms with Gasteiger partial charge in [0.1, 0.15) is 0 Å². The third-order valence-corrected chi connectivity index (χ3v) is 9.83. The predicted molar refractivity (Wildman–Crippen MR) is 199 cm³/mol. The number of aromatic nitrogens is 1. The van der Waals surface area contributed by atoms with E-state index in [4.69, 9.17) is 0 Å². The van der Waals surface area contributed by atoms with E-state index in [0.29, 0.717) is 31.5 Å². The number of rotatable bonds is 12. The summed E-state index contributed by atoms with van der Waals surface area (Å²) in [7, 11) is 0. The molecular formula is C41H47N5O4. The highest BCUT2D eigenvalue weighted by Crippen LogP contribution is 2.39. The van der Waals surface area contributed by atoms with Crippen LogP contribution in [0.2, 0.25) is 0 Å². The van der Waals surface area contributed by atoms with Crippen LogP contribution < -0.4 is 20.9 Å². The minimum atomic E-state index is -0.140. The maximum absolute atomic E-state index is 12.7. The first kappa shape index (κ1) is 34.7. The number of aryl methyl sites for hydroxylation is 1. The van der Waals surface area contributed by atoms with Gasteiger partial charge in [0.15, 0.2) is 5.78 Å². The van der Waals surface area contributed by atoms with E-state index >= 15 is 0 Å². The second-order valence-corrected chi connectivity index (χ2v) is 13.4. The summed E-state index contributed by atoms with van der Waals surface area (Å²) >= 11 is 0. The average Bonchev–Trinajstić information content (AvgIpc) is 3.48. The van der Waals surface area contributed by atoms with Crippen LogP contribution >= 0.6 is 0 Å². The summed E-state index contributed by atoms with van der Waals surface area (Å²) < 4.78 is 2.28. The van der Waals surface area contributed by atoms with Crippen molar-refractivity contribution in [3.8, 4) is 0 Å². The molecule has 260 valence electrons. The number of ketones is 1. The van der Waals surface area contributed by atoms with Gasteiger partial charge in [-0.3, -0.25) is 19.2 Å². The summed E-state index contributed by atoms with van der Waals surface area (Å²) in [6, 6.07) is 25.7. The van der Waals surface area contributed by atoms with Crippen molar-refractivity contribution in [2.45, 2.75) is 97.2 Å². The van der Waals surface area contributed by atoms with Crippen molar-refractivity contribution < 1.29 is 19.2 Å². The number of nitrogens with one attached hydrogen (secondary N) is 3. The molecule has 9 nitrogen and oxygen atoms in total. The Morgan fingerprint density at radius 1 is 0.820 bits per heavy atom. The average molecular weight is 674 g/mol. The van der Waals surface area contributed by atoms with E-state index in [2.05, 4.69) is 46.5 Å². The molecule has 3 aromatic carbocycles. The molecule has 0 saturated carbocycles. The lowest BCUT2D eigenvalue weighted by molar-refractivity contribution is -0.119. The van der Waals surface area contributed by atoms with Crippen LogP contribution in [-0.4, -0.2) is 34.1 Å². The molecule has 2 atom stereocenters. The van der Waals surface area contributed by atoms with Gasteiger partial charge in [0.25, 0.3) is 0 Å². The number of nitrogens with zero attached hydrogens (tertiary/aromatic N) is 2. The summed E-state index contributed by atoms with van der Waals surface area (Å²) in [5, 5.41) is 9.49. The quantitative estimate of drug-likeness (QED) is 0.141. The van der Waals surface area contributed by atoms with E-state index in [0.717, 1.165) is 65.1 Å². The van der Waals surface area contributed by atoms with Crippen LogP contribution in [0.5, 0.6) is 0 Å². The fourth-order valence-electron chi connectivity index (χ4n) is 7.28. The molecule has 9 heteroatoms. The highest BCUT2D eigenvalue weighted by atomic mass is 16.2. The number of hydrogen-bond acceptors (Lipinski definition) is 5. The highest BCUT2D eigenvalue weighted by molar-refractivity contribution is 5.98. The molecule has 4 aromatic rings. The van der Waals surface area contributed by atoms with E-state index in [1.165, 1.54) is 5.69 Å². The molecule has 0 saturated heterocycles. The lowest BCUT2D eigenvalue weighted by Gasteiger charge is -2.40. The molecule has 3 amide bonds. The zero-order valence-corrected chi connectivity index (χ0v) is 29.3. The standard InChI is InChI=1S/C41H47N5O4/c1-4-32-25-34-36(12-8-13-38(34)47)45(32)26-28-16-18-30(19-17-28)43-39(48)14-9-15-40(49)44-31-22-20-29(21-23-31)42-35-24-27(3)46(41(50)5-2)37-11-7-6-10-33(35)37/h6-7,10-11,16-23,25,27,35,42H,4-5,8-9,12-15,24,26H2,1-3H3,(H,43,48)(H,44,49)/t27-,35+/m0/s1. The van der Waals surface area contributed by atoms with Gasteiger partial charge in [0.05, 0.1) is 6.04 Å². The molecule has 6 rings (SSSR count). The number of anilines is 4. The number of Topliss-reactive ketones (excluding diaryl/α,β-unsaturated/α-hetero) is 1. The summed E-state index contributed by atoms with van der Waals surface area (Å²) in [5.41, 5.74) is 8.71. The molecular weight excluding hydrogens is 626 g/mol. The maximum atomic E-state index is 12.7. The summed E-state index contributed by atoms with van der Waals surface area (Å²) in [4.78, 5) is 52.3. The van der Waals surface area contributed by atoms with Gasteiger partial charge < -0.3 is 25.4 Å². The molecule has 3 N–H and O–H groups in total. The number of fused-ring (bicyclic) bond motifs is 2. The summed E-state index contributed by atoms with van der Waals surface area (Å²) in [6.45, 7) is 6.79. The Morgan fingerprint density at radius 2 is 1.46 bits per heavy atom. The van der Waals surface area contributed by atoms with Gasteiger partial charge in [0, 0.05) is 78.0 Å². The number of para-hydroxylation sites is 1. The number of benzene rings is 3. The van der Waals surface area contributed by atoms with Gasteiger partial charge in [-0.05, 0) is 98.7 Å². The van der Waals surface area contributed by atoms with Crippen LogP contribution in [0.15, 0.2) is 78.9 Å². The Bertz CT molecular complexity index is 1860. The van der Waals surface area contributed by atoms with Gasteiger partial charge in [0.2, 0.25) is 17.7 Å². The Labute approximate surface area is 294 Å². The van der Waals surface area contributed by atoms with Crippen molar-refractivity contribution >= 4 is 46.3 Å². The van der Waals surface area contributed by atoms with Crippen LogP contribution in [-0.2, 0) is 33.8 Å². The molecule has 0 fully saturated rings. The van der Waals surface area contributed by atoms with Crippen molar-refractivity contribution in [3.05, 3.63) is 107 Å². The monoisotopic (exact) mass is 673 g/mol. The van der Waals surface area contributed by atoms with Crippen molar-refractivity contribution in [2.24, 2.45) is 0 Å². The molecule has 1 aromatic heterocycles. The van der Waals surface area contributed by atoms with E-state index in [1.807, 2.05) is 78.6 Å². The molecule has 50 heavy (non-hydrogen) atoms. The fourth-order valence-corrected chi connectivity index (χ4v) is 7.28. The smallest absolute Gasteiger partial charge is 0.226 e. The molecule has 2 aliphatic rings. The van der Waals surface area contributed by atoms with Crippen LogP contribution in [0, 0.1) is 0 Å². The molecule has 0 spiro atoms. The van der Waals surface area contributed by atoms with Gasteiger partial charge in [-0.1, -0.05) is 44.2 Å². The van der Waals surface area contributed by atoms with Crippen LogP contribution in [0.1, 0.15) is 105 Å². The zero-order valence-electron chi connectivity index (χ0n) is 29.3. The third kappa shape index (κ3) is 7.83. The van der Waals surface area contributed by atoms with Gasteiger partial charge in [-0.15, -0.1) is 0 Å². The first-order valence-electron chi connectivity index (χ1n) is 17.9. The largest absolute Gasteiger partial charge is 0.378 e. The van der Waals surface area contributed by atoms with Crippen molar-refractivity contribution in [3.63, 3.8) is 0 Å². The Morgan fingerprint density at radius 3 is 2.12 bits per heavy atom. The van der Waals surface area contributed by atoms with Crippen molar-refractivity contribution in [2.75, 3.05) is 20.9 Å². The first-order chi connectivity index (χ1) is 24.2. The Kier molecular flexibility index (Phi) is 10.8. The second kappa shape index (κ2) is 15.6. The topological polar surface area (TPSA) is 113 Å². The van der Waals surface area contributed by atoms with E-state index < -0.39 is 0 Å². The lowest BCUT2D eigenvalue weighted by atomic mass is 9.91. The first-order valence-corrected chi connectivity index (χ1v) is 17.9. The number of carbonyl (C=O) groups is 4. The molecule has 2 heterocycles. The van der Waals surface area contributed by atoms with Crippen LogP contribution in [0.3, 0.4) is 0 Å². The van der Waals surface area contributed by atoms with Crippen LogP contribution in [0.25, 0.3) is 0 Å². The normalized spacial score (nSPS) is 16.7. The Hall–Kier alpha value is -5.18. The summed E-state index contributed by atoms with van der Waals surface area (Å²) in [6.07, 6.45) is 5.50. The number of carbonyl (C=O) groups excluding carboxylic acids is 4. The highest BCUT2D eigenvalue weighted by Gasteiger charge is 2.33. The lowest BCUT2D eigenvalue weighted by Crippen LogP contribution is -2.44. The minimum Gasteiger partial charge on any atom is -0.378 e. The van der Waals surface area contributed by atoms with Crippen molar-refractivity contribution in [1.82, 2.24) is 4.57 Å². The fraction of sp³-hybridized carbons (Fsp3) is 0.366. The van der Waals surface area contributed by atoms with Gasteiger partial charge in [-0.2, -0.15) is 0 Å². The minimum absolute atomic E-state index is 0.0590. The Balaban J connectivity index is 0.948. The maximum Gasteiger partial charge on any atom is 0.226 e. The molecule has 1 aliphatic heterocycles. The van der Waals surface area contributed by atoms with E-state index in [1.54, 1.807) is 0 Å². The predicted octanol–water partition coefficient (Wildman–Crippen LogP) is 8.05. The molecule has 0 bridgehead atoms. The molecule has 1 aliphatic carbocycles. The number of amides is 3. The zero-order chi connectivity index (χ0) is 35.2.